The largest absolute Gasteiger partial charge is 0.444 e. The van der Waals surface area contributed by atoms with Crippen LogP contribution in [0.15, 0.2) is 6.20 Å². The molecule has 226 valence electrons. The quantitative estimate of drug-likeness (QED) is 0.354. The number of carbonyl (C=O) groups is 4. The molecule has 2 heterocycles. The summed E-state index contributed by atoms with van der Waals surface area (Å²) in [7, 11) is 0. The van der Waals surface area contributed by atoms with Gasteiger partial charge in [0.25, 0.3) is 0 Å². The summed E-state index contributed by atoms with van der Waals surface area (Å²) in [5.74, 6) is -0.0662. The fourth-order valence-corrected chi connectivity index (χ4v) is 4.36. The Morgan fingerprint density at radius 2 is 1.55 bits per heavy atom. The van der Waals surface area contributed by atoms with Crippen molar-refractivity contribution in [3.63, 3.8) is 0 Å². The Labute approximate surface area is 237 Å². The topological polar surface area (TPSA) is 145 Å². The zero-order valence-electron chi connectivity index (χ0n) is 25.2. The summed E-state index contributed by atoms with van der Waals surface area (Å²) in [4.78, 5) is 51.5. The lowest BCUT2D eigenvalue weighted by Crippen LogP contribution is -2.41. The van der Waals surface area contributed by atoms with E-state index in [4.69, 9.17) is 9.47 Å². The van der Waals surface area contributed by atoms with E-state index in [1.807, 2.05) is 4.90 Å². The molecule has 0 unspecified atom stereocenters. The molecule has 1 aromatic rings. The van der Waals surface area contributed by atoms with E-state index in [2.05, 4.69) is 20.9 Å². The lowest BCUT2D eigenvalue weighted by molar-refractivity contribution is -0.136. The van der Waals surface area contributed by atoms with Gasteiger partial charge < -0.3 is 29.8 Å². The summed E-state index contributed by atoms with van der Waals surface area (Å²) in [5.41, 5.74) is -0.761. The van der Waals surface area contributed by atoms with Gasteiger partial charge in [0.2, 0.25) is 5.91 Å². The van der Waals surface area contributed by atoms with Crippen molar-refractivity contribution >= 4 is 23.9 Å². The van der Waals surface area contributed by atoms with E-state index in [0.29, 0.717) is 51.0 Å². The number of alkyl carbamates (subject to hydrolysis) is 2. The highest BCUT2D eigenvalue weighted by atomic mass is 16.6. The maximum atomic E-state index is 13.4. The van der Waals surface area contributed by atoms with Crippen LogP contribution in [0.3, 0.4) is 0 Å². The maximum absolute atomic E-state index is 13.4. The minimum Gasteiger partial charge on any atom is -0.444 e. The molecule has 40 heavy (non-hydrogen) atoms. The second-order valence-corrected chi connectivity index (χ2v) is 12.4. The van der Waals surface area contributed by atoms with E-state index >= 15 is 0 Å². The Morgan fingerprint density at radius 3 is 2.15 bits per heavy atom. The van der Waals surface area contributed by atoms with Gasteiger partial charge in [0, 0.05) is 26.1 Å². The third-order valence-electron chi connectivity index (χ3n) is 6.21. The van der Waals surface area contributed by atoms with E-state index in [1.54, 1.807) is 47.7 Å². The molecule has 1 aliphatic heterocycles. The highest BCUT2D eigenvalue weighted by Crippen LogP contribution is 2.24. The van der Waals surface area contributed by atoms with E-state index < -0.39 is 35.5 Å². The molecule has 2 rings (SSSR count). The number of amides is 3. The molecule has 1 aromatic heterocycles. The smallest absolute Gasteiger partial charge is 0.408 e. The van der Waals surface area contributed by atoms with Crippen LogP contribution in [-0.2, 0) is 19.1 Å². The molecule has 12 nitrogen and oxygen atoms in total. The van der Waals surface area contributed by atoms with E-state index in [0.717, 1.165) is 19.3 Å². The number of Topliss-reactive ketones (excluding diaryl/α,β-unsaturated/α-hetero) is 1. The zero-order valence-corrected chi connectivity index (χ0v) is 25.2. The Morgan fingerprint density at radius 1 is 0.925 bits per heavy atom. The van der Waals surface area contributed by atoms with Crippen LogP contribution >= 0.6 is 0 Å². The molecule has 1 saturated heterocycles. The molecule has 2 N–H and O–H groups in total. The van der Waals surface area contributed by atoms with Crippen molar-refractivity contribution in [1.82, 2.24) is 30.5 Å². The van der Waals surface area contributed by atoms with Gasteiger partial charge in [0.15, 0.2) is 0 Å². The SMILES string of the molecule is CC(=O)CC[C@@H](C(=O)N1CCCCC1)n1cc([C@H](CCCCNC(=O)OC(C)(C)C)NC(=O)OC(C)(C)C)nn1. The van der Waals surface area contributed by atoms with Crippen LogP contribution in [0.1, 0.15) is 118 Å². The molecule has 1 fully saturated rings. The molecule has 0 saturated carbocycles. The minimum atomic E-state index is -0.678. The number of unbranched alkanes of at least 4 members (excludes halogenated alkanes) is 1. The lowest BCUT2D eigenvalue weighted by atomic mass is 10.0. The number of hydrogen-bond donors (Lipinski definition) is 2. The first kappa shape index (κ1) is 33.0. The number of hydrogen-bond acceptors (Lipinski definition) is 8. The van der Waals surface area contributed by atoms with Crippen LogP contribution in [0.4, 0.5) is 9.59 Å². The van der Waals surface area contributed by atoms with Crippen LogP contribution in [0.2, 0.25) is 0 Å². The summed E-state index contributed by atoms with van der Waals surface area (Å²) in [6.45, 7) is 14.1. The van der Waals surface area contributed by atoms with Gasteiger partial charge in [-0.25, -0.2) is 14.3 Å². The number of nitrogens with zero attached hydrogens (tertiary/aromatic N) is 4. The van der Waals surface area contributed by atoms with Crippen LogP contribution in [0, 0.1) is 0 Å². The fraction of sp³-hybridized carbons (Fsp3) is 0.786. The minimum absolute atomic E-state index is 0.00115. The number of likely N-dealkylation sites (tertiary alicyclic amines) is 1. The number of ether oxygens (including phenoxy) is 2. The number of rotatable bonds is 12. The van der Waals surface area contributed by atoms with E-state index in [9.17, 15) is 19.2 Å². The molecule has 0 aromatic carbocycles. The standard InChI is InChI=1S/C28H48N6O6/c1-20(35)14-15-23(24(36)33-17-11-8-12-18-33)34-19-22(31-32-34)21(30-26(38)40-28(5,6)7)13-9-10-16-29-25(37)39-27(2,3)4/h19,21,23H,8-18H2,1-7H3,(H,29,37)(H,30,38)/t21-,23-/m0/s1. The molecule has 2 atom stereocenters. The van der Waals surface area contributed by atoms with Crippen molar-refractivity contribution in [3.8, 4) is 0 Å². The van der Waals surface area contributed by atoms with Gasteiger partial charge in [-0.15, -0.1) is 5.10 Å². The number of carbonyl (C=O) groups excluding carboxylic acids is 4. The molecule has 0 aliphatic carbocycles. The van der Waals surface area contributed by atoms with Gasteiger partial charge in [-0.05, 0) is 93.4 Å². The summed E-state index contributed by atoms with van der Waals surface area (Å²) in [6.07, 6.45) is 6.01. The molecule has 3 amide bonds. The van der Waals surface area contributed by atoms with Crippen LogP contribution < -0.4 is 10.6 Å². The normalized spacial score (nSPS) is 15.6. The van der Waals surface area contributed by atoms with Crippen molar-refractivity contribution in [2.75, 3.05) is 19.6 Å². The predicted molar refractivity (Wildman–Crippen MR) is 150 cm³/mol. The average molecular weight is 565 g/mol. The van der Waals surface area contributed by atoms with E-state index in [1.165, 1.54) is 11.6 Å². The van der Waals surface area contributed by atoms with Gasteiger partial charge in [0.1, 0.15) is 28.7 Å². The Kier molecular flexibility index (Phi) is 12.4. The third kappa shape index (κ3) is 12.3. The maximum Gasteiger partial charge on any atom is 0.408 e. The number of ketones is 1. The Bertz CT molecular complexity index is 990. The van der Waals surface area contributed by atoms with Crippen molar-refractivity contribution in [2.45, 2.75) is 123 Å². The summed E-state index contributed by atoms with van der Waals surface area (Å²) in [6, 6.07) is -1.17. The van der Waals surface area contributed by atoms with Crippen molar-refractivity contribution in [3.05, 3.63) is 11.9 Å². The predicted octanol–water partition coefficient (Wildman–Crippen LogP) is 4.46. The third-order valence-corrected chi connectivity index (χ3v) is 6.21. The summed E-state index contributed by atoms with van der Waals surface area (Å²) in [5, 5.41) is 14.2. The second-order valence-electron chi connectivity index (χ2n) is 12.4. The van der Waals surface area contributed by atoms with Gasteiger partial charge in [-0.3, -0.25) is 4.79 Å². The molecule has 0 bridgehead atoms. The van der Waals surface area contributed by atoms with Crippen LogP contribution in [0.5, 0.6) is 0 Å². The number of piperidine rings is 1. The van der Waals surface area contributed by atoms with Crippen molar-refractivity contribution < 1.29 is 28.7 Å². The molecule has 0 radical (unpaired) electrons. The molecular weight excluding hydrogens is 516 g/mol. The van der Waals surface area contributed by atoms with Gasteiger partial charge in [-0.2, -0.15) is 0 Å². The fourth-order valence-electron chi connectivity index (χ4n) is 4.36. The van der Waals surface area contributed by atoms with Crippen LogP contribution in [0.25, 0.3) is 0 Å². The highest BCUT2D eigenvalue weighted by molar-refractivity contribution is 5.82. The molecule has 12 heteroatoms. The molecule has 1 aliphatic rings. The number of nitrogens with one attached hydrogen (secondary N) is 2. The summed E-state index contributed by atoms with van der Waals surface area (Å²) >= 11 is 0. The van der Waals surface area contributed by atoms with Gasteiger partial charge in [-0.1, -0.05) is 5.21 Å². The van der Waals surface area contributed by atoms with Crippen molar-refractivity contribution in [2.24, 2.45) is 0 Å². The van der Waals surface area contributed by atoms with Crippen LogP contribution in [-0.4, -0.2) is 74.6 Å². The molecule has 0 spiro atoms. The van der Waals surface area contributed by atoms with Gasteiger partial charge in [0.05, 0.1) is 12.2 Å². The monoisotopic (exact) mass is 564 g/mol. The Balaban J connectivity index is 2.13. The Hall–Kier alpha value is -3.18. The molecular formula is C28H48N6O6. The average Bonchev–Trinajstić information content (AvgIpc) is 3.31. The summed E-state index contributed by atoms with van der Waals surface area (Å²) < 4.78 is 12.2. The first-order valence-electron chi connectivity index (χ1n) is 14.3. The zero-order chi connectivity index (χ0) is 29.9. The highest BCUT2D eigenvalue weighted by Gasteiger charge is 2.30. The number of aromatic nitrogens is 3. The van der Waals surface area contributed by atoms with Gasteiger partial charge >= 0.3 is 12.2 Å². The second kappa shape index (κ2) is 15.0. The van der Waals surface area contributed by atoms with Crippen molar-refractivity contribution in [1.29, 1.82) is 0 Å². The van der Waals surface area contributed by atoms with E-state index in [-0.39, 0.29) is 18.1 Å². The lowest BCUT2D eigenvalue weighted by Gasteiger charge is -2.30. The first-order valence-corrected chi connectivity index (χ1v) is 14.3. The first-order chi connectivity index (χ1) is 18.6.